The van der Waals surface area contributed by atoms with Crippen molar-refractivity contribution < 1.29 is 23.9 Å². The summed E-state index contributed by atoms with van der Waals surface area (Å²) >= 11 is 6.19. The van der Waals surface area contributed by atoms with E-state index in [9.17, 15) is 14.4 Å². The van der Waals surface area contributed by atoms with Crippen LogP contribution in [0.4, 0.5) is 5.69 Å². The van der Waals surface area contributed by atoms with Gasteiger partial charge in [0.2, 0.25) is 0 Å². The van der Waals surface area contributed by atoms with Gasteiger partial charge in [-0.05, 0) is 42.0 Å². The maximum atomic E-state index is 14.8. The van der Waals surface area contributed by atoms with Crippen LogP contribution in [-0.4, -0.2) is 43.7 Å². The molecular weight excluding hydrogens is 550 g/mol. The van der Waals surface area contributed by atoms with Gasteiger partial charge in [-0.2, -0.15) is 0 Å². The Labute approximate surface area is 248 Å². The second-order valence-corrected chi connectivity index (χ2v) is 11.2. The standard InChI is InChI=1S/C35H26ClNO5/c1-41-23-16-17-26(28(19-23)42-2)30-31(32(38)21-11-14-22(36)15-12-21)37-27-10-6-3-7-20(27)13-18-29(37)35(30)33(39)24-8-4-5-9-25(24)34(35)40/h3-19,29-31H,1-2H3/t29-,30+,31-/m1/s1. The molecule has 1 fully saturated rings. The predicted molar refractivity (Wildman–Crippen MR) is 161 cm³/mol. The number of methoxy groups -OCH3 is 2. The van der Waals surface area contributed by atoms with Crippen molar-refractivity contribution in [2.24, 2.45) is 5.41 Å². The second kappa shape index (κ2) is 9.71. The molecule has 0 radical (unpaired) electrons. The molecule has 3 atom stereocenters. The molecule has 7 heteroatoms. The largest absolute Gasteiger partial charge is 0.497 e. The first-order valence-electron chi connectivity index (χ1n) is 13.7. The minimum absolute atomic E-state index is 0.224. The molecule has 4 aromatic rings. The summed E-state index contributed by atoms with van der Waals surface area (Å²) in [5.74, 6) is -0.722. The fraction of sp³-hybridized carbons (Fsp3) is 0.171. The van der Waals surface area contributed by atoms with Crippen molar-refractivity contribution in [3.05, 3.63) is 130 Å². The number of fused-ring (bicyclic) bond motifs is 5. The summed E-state index contributed by atoms with van der Waals surface area (Å²) < 4.78 is 11.3. The maximum absolute atomic E-state index is 14.8. The van der Waals surface area contributed by atoms with Crippen molar-refractivity contribution in [2.45, 2.75) is 18.0 Å². The van der Waals surface area contributed by atoms with Gasteiger partial charge < -0.3 is 14.4 Å². The number of rotatable bonds is 5. The molecule has 2 heterocycles. The van der Waals surface area contributed by atoms with Crippen LogP contribution < -0.4 is 14.4 Å². The van der Waals surface area contributed by atoms with Gasteiger partial charge in [-0.3, -0.25) is 14.4 Å². The number of anilines is 1. The van der Waals surface area contributed by atoms with E-state index in [-0.39, 0.29) is 17.3 Å². The molecule has 4 aromatic carbocycles. The van der Waals surface area contributed by atoms with Crippen LogP contribution in [0.3, 0.4) is 0 Å². The monoisotopic (exact) mass is 575 g/mol. The topological polar surface area (TPSA) is 72.9 Å². The zero-order valence-corrected chi connectivity index (χ0v) is 23.7. The number of hydrogen-bond acceptors (Lipinski definition) is 6. The number of hydrogen-bond donors (Lipinski definition) is 0. The maximum Gasteiger partial charge on any atom is 0.185 e. The molecule has 0 bridgehead atoms. The van der Waals surface area contributed by atoms with E-state index < -0.39 is 23.4 Å². The number of nitrogens with zero attached hydrogens (tertiary/aromatic N) is 1. The van der Waals surface area contributed by atoms with Crippen LogP contribution in [0.25, 0.3) is 6.08 Å². The number of benzene rings is 4. The van der Waals surface area contributed by atoms with E-state index in [1.807, 2.05) is 47.4 Å². The first-order chi connectivity index (χ1) is 20.4. The van der Waals surface area contributed by atoms with Crippen LogP contribution in [0.5, 0.6) is 11.5 Å². The van der Waals surface area contributed by atoms with Crippen LogP contribution in [-0.2, 0) is 0 Å². The highest BCUT2D eigenvalue weighted by molar-refractivity contribution is 6.32. The predicted octanol–water partition coefficient (Wildman–Crippen LogP) is 6.67. The van der Waals surface area contributed by atoms with Gasteiger partial charge >= 0.3 is 0 Å². The summed E-state index contributed by atoms with van der Waals surface area (Å²) in [6, 6.07) is 25.0. The molecule has 7 rings (SSSR count). The number of ketones is 3. The van der Waals surface area contributed by atoms with E-state index in [2.05, 4.69) is 0 Å². The fourth-order valence-electron chi connectivity index (χ4n) is 7.12. The Morgan fingerprint density at radius 2 is 1.50 bits per heavy atom. The molecule has 0 saturated carbocycles. The molecule has 1 aliphatic carbocycles. The van der Waals surface area contributed by atoms with Crippen molar-refractivity contribution in [1.29, 1.82) is 0 Å². The quantitative estimate of drug-likeness (QED) is 0.195. The molecule has 1 saturated heterocycles. The second-order valence-electron chi connectivity index (χ2n) is 10.7. The highest BCUT2D eigenvalue weighted by Gasteiger charge is 2.72. The average Bonchev–Trinajstić information content (AvgIpc) is 3.46. The Kier molecular flexibility index (Phi) is 6.06. The summed E-state index contributed by atoms with van der Waals surface area (Å²) in [5, 5.41) is 0.503. The minimum atomic E-state index is -1.62. The lowest BCUT2D eigenvalue weighted by Crippen LogP contribution is -2.48. The van der Waals surface area contributed by atoms with Gasteiger partial charge in [-0.15, -0.1) is 0 Å². The number of Topliss-reactive ketones (excluding diaryl/α,β-unsaturated/α-hetero) is 3. The van der Waals surface area contributed by atoms with E-state index in [4.69, 9.17) is 21.1 Å². The van der Waals surface area contributed by atoms with Crippen LogP contribution in [0.15, 0.2) is 97.1 Å². The number of halogens is 1. The number of para-hydroxylation sites is 1. The van der Waals surface area contributed by atoms with Gasteiger partial charge in [-0.25, -0.2) is 0 Å². The van der Waals surface area contributed by atoms with E-state index >= 15 is 0 Å². The first-order valence-corrected chi connectivity index (χ1v) is 14.1. The molecule has 0 unspecified atom stereocenters. The minimum Gasteiger partial charge on any atom is -0.497 e. The molecule has 6 nitrogen and oxygen atoms in total. The van der Waals surface area contributed by atoms with Gasteiger partial charge in [-0.1, -0.05) is 72.3 Å². The third-order valence-corrected chi connectivity index (χ3v) is 9.14. The fourth-order valence-corrected chi connectivity index (χ4v) is 7.25. The summed E-state index contributed by atoms with van der Waals surface area (Å²) in [7, 11) is 3.09. The van der Waals surface area contributed by atoms with Crippen LogP contribution in [0.2, 0.25) is 5.02 Å². The van der Waals surface area contributed by atoms with E-state index in [1.165, 1.54) is 7.11 Å². The van der Waals surface area contributed by atoms with Crippen molar-refractivity contribution in [2.75, 3.05) is 19.1 Å². The molecule has 0 aromatic heterocycles. The van der Waals surface area contributed by atoms with Crippen molar-refractivity contribution >= 4 is 40.7 Å². The molecule has 3 aliphatic rings. The Bertz CT molecular complexity index is 1780. The van der Waals surface area contributed by atoms with Crippen molar-refractivity contribution in [1.82, 2.24) is 0 Å². The molecule has 0 amide bonds. The lowest BCUT2D eigenvalue weighted by Gasteiger charge is -2.37. The first kappa shape index (κ1) is 26.2. The Balaban J connectivity index is 1.57. The third-order valence-electron chi connectivity index (χ3n) is 8.89. The van der Waals surface area contributed by atoms with E-state index in [0.717, 1.165) is 11.3 Å². The highest BCUT2D eigenvalue weighted by Crippen LogP contribution is 2.62. The van der Waals surface area contributed by atoms with Crippen LogP contribution in [0.1, 0.15) is 48.1 Å². The molecular formula is C35H26ClNO5. The SMILES string of the molecule is COc1ccc([C@H]2[C@H](C(=O)c3ccc(Cl)cc3)N3c4ccccc4C=C[C@@H]3C23C(=O)c2ccccc2C3=O)c(OC)c1. The van der Waals surface area contributed by atoms with Gasteiger partial charge in [0.25, 0.3) is 0 Å². The highest BCUT2D eigenvalue weighted by atomic mass is 35.5. The van der Waals surface area contributed by atoms with Crippen LogP contribution >= 0.6 is 11.6 Å². The summed E-state index contributed by atoms with van der Waals surface area (Å²) in [5.41, 5.74) is 1.81. The summed E-state index contributed by atoms with van der Waals surface area (Å²) in [4.78, 5) is 46.3. The number of carbonyl (C=O) groups is 3. The molecule has 1 spiro atoms. The Morgan fingerprint density at radius 3 is 2.17 bits per heavy atom. The van der Waals surface area contributed by atoms with Gasteiger partial charge in [0.05, 0.1) is 20.3 Å². The average molecular weight is 576 g/mol. The lowest BCUT2D eigenvalue weighted by molar-refractivity contribution is 0.0665. The lowest BCUT2D eigenvalue weighted by atomic mass is 9.64. The normalized spacial score (nSPS) is 21.2. The van der Waals surface area contributed by atoms with Crippen molar-refractivity contribution in [3.63, 3.8) is 0 Å². The molecule has 2 aliphatic heterocycles. The third kappa shape index (κ3) is 3.48. The molecule has 42 heavy (non-hydrogen) atoms. The number of carbonyl (C=O) groups excluding carboxylic acids is 3. The summed E-state index contributed by atoms with van der Waals surface area (Å²) in [6.45, 7) is 0. The van der Waals surface area contributed by atoms with Crippen LogP contribution in [0, 0.1) is 5.41 Å². The van der Waals surface area contributed by atoms with Gasteiger partial charge in [0.15, 0.2) is 17.3 Å². The Hall–Kier alpha value is -4.68. The van der Waals surface area contributed by atoms with Gasteiger partial charge in [0, 0.05) is 44.9 Å². The zero-order chi connectivity index (χ0) is 29.2. The smallest absolute Gasteiger partial charge is 0.185 e. The Morgan fingerprint density at radius 1 is 0.833 bits per heavy atom. The van der Waals surface area contributed by atoms with E-state index in [0.29, 0.717) is 38.8 Å². The van der Waals surface area contributed by atoms with Crippen molar-refractivity contribution in [3.8, 4) is 11.5 Å². The number of ether oxygens (including phenoxy) is 2. The summed E-state index contributed by atoms with van der Waals surface area (Å²) in [6.07, 6.45) is 3.85. The van der Waals surface area contributed by atoms with Gasteiger partial charge in [0.1, 0.15) is 23.0 Å². The molecule has 208 valence electrons. The van der Waals surface area contributed by atoms with E-state index in [1.54, 1.807) is 67.8 Å². The molecule has 0 N–H and O–H groups in total. The zero-order valence-electron chi connectivity index (χ0n) is 22.9.